The summed E-state index contributed by atoms with van der Waals surface area (Å²) in [6.07, 6.45) is 7.65. The summed E-state index contributed by atoms with van der Waals surface area (Å²) in [5.41, 5.74) is 1.85. The van der Waals surface area contributed by atoms with Gasteiger partial charge in [0, 0.05) is 20.1 Å². The van der Waals surface area contributed by atoms with Crippen molar-refractivity contribution < 1.29 is 0 Å². The molecule has 2 aliphatic carbocycles. The Hall–Kier alpha value is -0.900. The fourth-order valence-electron chi connectivity index (χ4n) is 2.50. The van der Waals surface area contributed by atoms with E-state index in [9.17, 15) is 0 Å². The van der Waals surface area contributed by atoms with Gasteiger partial charge in [-0.25, -0.2) is 0 Å². The van der Waals surface area contributed by atoms with Crippen LogP contribution in [0.3, 0.4) is 0 Å². The topological polar surface area (TPSA) is 42.7 Å². The molecule has 4 nitrogen and oxygen atoms in total. The van der Waals surface area contributed by atoms with Crippen LogP contribution in [0.15, 0.2) is 6.20 Å². The van der Waals surface area contributed by atoms with Gasteiger partial charge in [0.15, 0.2) is 0 Å². The van der Waals surface area contributed by atoms with Crippen molar-refractivity contribution in [3.63, 3.8) is 0 Å². The fraction of sp³-hybridized carbons (Fsp3) is 0.818. The van der Waals surface area contributed by atoms with Crippen molar-refractivity contribution >= 4 is 0 Å². The molecule has 0 spiro atoms. The molecule has 15 heavy (non-hydrogen) atoms. The van der Waals surface area contributed by atoms with Crippen LogP contribution in [0.25, 0.3) is 0 Å². The van der Waals surface area contributed by atoms with Crippen molar-refractivity contribution in [2.45, 2.75) is 32.2 Å². The van der Waals surface area contributed by atoms with Crippen LogP contribution in [-0.4, -0.2) is 21.5 Å². The maximum Gasteiger partial charge on any atom is 0.0738 e. The third kappa shape index (κ3) is 1.78. The first-order chi connectivity index (χ1) is 7.30. The van der Waals surface area contributed by atoms with E-state index in [4.69, 9.17) is 0 Å². The maximum absolute atomic E-state index is 3.92. The Labute approximate surface area is 90.0 Å². The molecule has 0 bridgehead atoms. The van der Waals surface area contributed by atoms with Crippen LogP contribution in [0.4, 0.5) is 0 Å². The average molecular weight is 206 g/mol. The second-order valence-corrected chi connectivity index (χ2v) is 5.09. The second-order valence-electron chi connectivity index (χ2n) is 5.09. The van der Waals surface area contributed by atoms with Gasteiger partial charge >= 0.3 is 0 Å². The lowest BCUT2D eigenvalue weighted by Crippen LogP contribution is -2.25. The summed E-state index contributed by atoms with van der Waals surface area (Å²) < 4.78 is 1.84. The lowest BCUT2D eigenvalue weighted by Gasteiger charge is -2.14. The average Bonchev–Trinajstić information content (AvgIpc) is 3.10. The van der Waals surface area contributed by atoms with Crippen LogP contribution in [-0.2, 0) is 13.6 Å². The van der Waals surface area contributed by atoms with Gasteiger partial charge in [-0.05, 0) is 37.0 Å². The first-order valence-corrected chi connectivity index (χ1v) is 5.84. The zero-order valence-corrected chi connectivity index (χ0v) is 9.24. The standard InChI is InChI=1S/C11H18N4/c1-15-10(7-13-14-15)6-12-8-11(4-5-11)9-2-3-9/h7,9,12H,2-6,8H2,1H3. The molecule has 2 saturated carbocycles. The van der Waals surface area contributed by atoms with Crippen molar-refractivity contribution in [3.8, 4) is 0 Å². The van der Waals surface area contributed by atoms with E-state index < -0.39 is 0 Å². The van der Waals surface area contributed by atoms with Gasteiger partial charge in [0.25, 0.3) is 0 Å². The third-order valence-electron chi connectivity index (χ3n) is 3.93. The molecule has 2 aliphatic rings. The third-order valence-corrected chi connectivity index (χ3v) is 3.93. The molecule has 2 fully saturated rings. The highest BCUT2D eigenvalue weighted by atomic mass is 15.4. The Balaban J connectivity index is 1.49. The SMILES string of the molecule is Cn1nncc1CNCC1(C2CC2)CC1. The Kier molecular flexibility index (Phi) is 2.06. The number of nitrogens with one attached hydrogen (secondary N) is 1. The Morgan fingerprint density at radius 2 is 2.33 bits per heavy atom. The minimum absolute atomic E-state index is 0.687. The summed E-state index contributed by atoms with van der Waals surface area (Å²) in [5.74, 6) is 1.04. The van der Waals surface area contributed by atoms with E-state index in [0.717, 1.165) is 12.5 Å². The van der Waals surface area contributed by atoms with Gasteiger partial charge in [0.05, 0.1) is 11.9 Å². The van der Waals surface area contributed by atoms with Crippen LogP contribution in [0.1, 0.15) is 31.4 Å². The molecule has 0 aliphatic heterocycles. The molecule has 82 valence electrons. The van der Waals surface area contributed by atoms with E-state index in [1.807, 2.05) is 17.9 Å². The van der Waals surface area contributed by atoms with Gasteiger partial charge in [0.1, 0.15) is 0 Å². The number of aromatic nitrogens is 3. The van der Waals surface area contributed by atoms with Gasteiger partial charge in [-0.3, -0.25) is 4.68 Å². The molecule has 3 rings (SSSR count). The normalized spacial score (nSPS) is 23.0. The molecule has 0 atom stereocenters. The van der Waals surface area contributed by atoms with Crippen LogP contribution >= 0.6 is 0 Å². The molecule has 1 heterocycles. The van der Waals surface area contributed by atoms with Gasteiger partial charge in [-0.15, -0.1) is 5.10 Å². The Morgan fingerprint density at radius 1 is 1.53 bits per heavy atom. The zero-order chi connectivity index (χ0) is 10.3. The van der Waals surface area contributed by atoms with Gasteiger partial charge in [-0.1, -0.05) is 5.21 Å². The number of aryl methyl sites for hydroxylation is 1. The molecule has 0 aromatic carbocycles. The smallest absolute Gasteiger partial charge is 0.0738 e. The van der Waals surface area contributed by atoms with Crippen LogP contribution in [0.2, 0.25) is 0 Å². The minimum atomic E-state index is 0.687. The van der Waals surface area contributed by atoms with E-state index in [0.29, 0.717) is 5.41 Å². The van der Waals surface area contributed by atoms with Gasteiger partial charge in [0.2, 0.25) is 0 Å². The second kappa shape index (κ2) is 3.30. The number of hydrogen-bond acceptors (Lipinski definition) is 3. The summed E-state index contributed by atoms with van der Waals surface area (Å²) in [4.78, 5) is 0. The molecule has 0 saturated heterocycles. The van der Waals surface area contributed by atoms with Crippen molar-refractivity contribution in [2.75, 3.05) is 6.54 Å². The predicted octanol–water partition coefficient (Wildman–Crippen LogP) is 1.09. The quantitative estimate of drug-likeness (QED) is 0.784. The van der Waals surface area contributed by atoms with Crippen molar-refractivity contribution in [3.05, 3.63) is 11.9 Å². The van der Waals surface area contributed by atoms with E-state index in [1.54, 1.807) is 0 Å². The first kappa shape index (κ1) is 9.33. The molecule has 0 radical (unpaired) electrons. The van der Waals surface area contributed by atoms with E-state index >= 15 is 0 Å². The van der Waals surface area contributed by atoms with Crippen LogP contribution in [0, 0.1) is 11.3 Å². The lowest BCUT2D eigenvalue weighted by molar-refractivity contribution is 0.400. The van der Waals surface area contributed by atoms with Crippen LogP contribution < -0.4 is 5.32 Å². The summed E-state index contributed by atoms with van der Waals surface area (Å²) in [6, 6.07) is 0. The first-order valence-electron chi connectivity index (χ1n) is 5.84. The summed E-state index contributed by atoms with van der Waals surface area (Å²) in [5, 5.41) is 11.3. The molecule has 4 heteroatoms. The Morgan fingerprint density at radius 3 is 2.87 bits per heavy atom. The highest BCUT2D eigenvalue weighted by Gasteiger charge is 2.53. The number of nitrogens with zero attached hydrogens (tertiary/aromatic N) is 3. The molecule has 0 unspecified atom stereocenters. The van der Waals surface area contributed by atoms with Gasteiger partial charge < -0.3 is 5.32 Å². The van der Waals surface area contributed by atoms with E-state index in [2.05, 4.69) is 15.6 Å². The monoisotopic (exact) mass is 206 g/mol. The molecule has 1 N–H and O–H groups in total. The van der Waals surface area contributed by atoms with Crippen molar-refractivity contribution in [1.82, 2.24) is 20.3 Å². The molecule has 0 amide bonds. The minimum Gasteiger partial charge on any atom is -0.311 e. The van der Waals surface area contributed by atoms with Crippen LogP contribution in [0.5, 0.6) is 0 Å². The van der Waals surface area contributed by atoms with E-state index in [1.165, 1.54) is 37.9 Å². The summed E-state index contributed by atoms with van der Waals surface area (Å²) >= 11 is 0. The number of rotatable bonds is 5. The molecular weight excluding hydrogens is 188 g/mol. The lowest BCUT2D eigenvalue weighted by atomic mass is 10.0. The zero-order valence-electron chi connectivity index (χ0n) is 9.24. The highest BCUT2D eigenvalue weighted by molar-refractivity contribution is 5.05. The summed E-state index contributed by atoms with van der Waals surface area (Å²) in [7, 11) is 1.94. The van der Waals surface area contributed by atoms with Crippen molar-refractivity contribution in [2.24, 2.45) is 18.4 Å². The highest BCUT2D eigenvalue weighted by Crippen LogP contribution is 2.60. The summed E-state index contributed by atoms with van der Waals surface area (Å²) in [6.45, 7) is 2.08. The van der Waals surface area contributed by atoms with Crippen molar-refractivity contribution in [1.29, 1.82) is 0 Å². The number of hydrogen-bond donors (Lipinski definition) is 1. The molecule has 1 aromatic heterocycles. The molecule has 1 aromatic rings. The molecular formula is C11H18N4. The predicted molar refractivity (Wildman–Crippen MR) is 57.1 cm³/mol. The fourth-order valence-corrected chi connectivity index (χ4v) is 2.50. The van der Waals surface area contributed by atoms with Gasteiger partial charge in [-0.2, -0.15) is 0 Å². The maximum atomic E-state index is 3.92. The largest absolute Gasteiger partial charge is 0.311 e. The Bertz CT molecular complexity index is 349. The van der Waals surface area contributed by atoms with E-state index in [-0.39, 0.29) is 0 Å².